The van der Waals surface area contributed by atoms with Crippen LogP contribution >= 0.6 is 11.8 Å². The van der Waals surface area contributed by atoms with Gasteiger partial charge in [-0.1, -0.05) is 30.3 Å². The Morgan fingerprint density at radius 2 is 1.96 bits per heavy atom. The van der Waals surface area contributed by atoms with Crippen LogP contribution in [0.2, 0.25) is 0 Å². The molecule has 0 saturated heterocycles. The van der Waals surface area contributed by atoms with Gasteiger partial charge < -0.3 is 5.32 Å². The Hall–Kier alpha value is -2.53. The molecule has 0 bridgehead atoms. The van der Waals surface area contributed by atoms with E-state index in [0.29, 0.717) is 5.56 Å². The second kappa shape index (κ2) is 6.41. The van der Waals surface area contributed by atoms with E-state index in [4.69, 9.17) is 5.10 Å². The van der Waals surface area contributed by atoms with Gasteiger partial charge in [0.1, 0.15) is 5.82 Å². The molecule has 4 nitrogen and oxygen atoms in total. The number of rotatable bonds is 3. The van der Waals surface area contributed by atoms with Gasteiger partial charge in [0, 0.05) is 22.6 Å². The van der Waals surface area contributed by atoms with E-state index in [1.54, 1.807) is 0 Å². The molecule has 1 aliphatic heterocycles. The standard InChI is InChI=1S/C20H19N3OS/c1-13-6-5-8-15(10-13)23-19(17-11-25-12-18(17)22-23)21-20(24)16-9-4-3-7-14(16)2/h3-10H,11-12H2,1-2H3,(H,21,24). The highest BCUT2D eigenvalue weighted by Crippen LogP contribution is 2.36. The van der Waals surface area contributed by atoms with Crippen LogP contribution in [-0.2, 0) is 11.5 Å². The van der Waals surface area contributed by atoms with Crippen molar-refractivity contribution in [2.45, 2.75) is 25.4 Å². The van der Waals surface area contributed by atoms with Gasteiger partial charge in [0.05, 0.1) is 11.4 Å². The lowest BCUT2D eigenvalue weighted by Gasteiger charge is -2.12. The van der Waals surface area contributed by atoms with E-state index in [1.165, 1.54) is 5.56 Å². The van der Waals surface area contributed by atoms with E-state index in [2.05, 4.69) is 24.4 Å². The number of amides is 1. The van der Waals surface area contributed by atoms with Crippen molar-refractivity contribution in [3.8, 4) is 5.69 Å². The van der Waals surface area contributed by atoms with E-state index in [9.17, 15) is 4.79 Å². The van der Waals surface area contributed by atoms with E-state index in [1.807, 2.05) is 59.8 Å². The second-order valence-corrected chi connectivity index (χ2v) is 7.27. The Balaban J connectivity index is 1.76. The van der Waals surface area contributed by atoms with Crippen molar-refractivity contribution in [1.29, 1.82) is 0 Å². The van der Waals surface area contributed by atoms with Gasteiger partial charge in [0.15, 0.2) is 0 Å². The second-order valence-electron chi connectivity index (χ2n) is 6.29. The van der Waals surface area contributed by atoms with Crippen LogP contribution in [0.4, 0.5) is 5.82 Å². The Bertz CT molecular complexity index is 961. The van der Waals surface area contributed by atoms with Gasteiger partial charge in [-0.3, -0.25) is 4.79 Å². The van der Waals surface area contributed by atoms with Crippen molar-refractivity contribution in [1.82, 2.24) is 9.78 Å². The van der Waals surface area contributed by atoms with Gasteiger partial charge in [0.2, 0.25) is 0 Å². The topological polar surface area (TPSA) is 46.9 Å². The summed E-state index contributed by atoms with van der Waals surface area (Å²) in [5, 5.41) is 7.87. The van der Waals surface area contributed by atoms with Crippen LogP contribution in [0.5, 0.6) is 0 Å². The largest absolute Gasteiger partial charge is 0.306 e. The molecule has 1 aromatic heterocycles. The Labute approximate surface area is 151 Å². The van der Waals surface area contributed by atoms with Crippen molar-refractivity contribution >= 4 is 23.5 Å². The van der Waals surface area contributed by atoms with Crippen molar-refractivity contribution in [2.75, 3.05) is 5.32 Å². The first-order valence-electron chi connectivity index (χ1n) is 8.26. The highest BCUT2D eigenvalue weighted by Gasteiger charge is 2.25. The number of thioether (sulfide) groups is 1. The third-order valence-corrected chi connectivity index (χ3v) is 5.39. The number of benzene rings is 2. The number of nitrogens with zero attached hydrogens (tertiary/aromatic N) is 2. The molecule has 0 spiro atoms. The van der Waals surface area contributed by atoms with Crippen molar-refractivity contribution < 1.29 is 4.79 Å². The van der Waals surface area contributed by atoms with Gasteiger partial charge in [0.25, 0.3) is 5.91 Å². The van der Waals surface area contributed by atoms with Crippen molar-refractivity contribution in [2.24, 2.45) is 0 Å². The lowest BCUT2D eigenvalue weighted by atomic mass is 10.1. The number of aryl methyl sites for hydroxylation is 2. The average Bonchev–Trinajstić information content (AvgIpc) is 3.18. The van der Waals surface area contributed by atoms with Gasteiger partial charge in [-0.15, -0.1) is 0 Å². The summed E-state index contributed by atoms with van der Waals surface area (Å²) >= 11 is 1.83. The average molecular weight is 349 g/mol. The molecule has 0 unspecified atom stereocenters. The maximum Gasteiger partial charge on any atom is 0.257 e. The summed E-state index contributed by atoms with van der Waals surface area (Å²) in [6.45, 7) is 4.01. The van der Waals surface area contributed by atoms with Gasteiger partial charge in [-0.25, -0.2) is 4.68 Å². The zero-order valence-corrected chi connectivity index (χ0v) is 15.1. The zero-order valence-electron chi connectivity index (χ0n) is 14.2. The summed E-state index contributed by atoms with van der Waals surface area (Å²) in [7, 11) is 0. The molecule has 0 aliphatic carbocycles. The lowest BCUT2D eigenvalue weighted by Crippen LogP contribution is -2.17. The molecule has 0 saturated carbocycles. The molecule has 1 N–H and O–H groups in total. The number of anilines is 1. The molecule has 1 aliphatic rings. The van der Waals surface area contributed by atoms with E-state index >= 15 is 0 Å². The molecule has 5 heteroatoms. The fraction of sp³-hybridized carbons (Fsp3) is 0.200. The number of nitrogens with one attached hydrogen (secondary N) is 1. The number of aromatic nitrogens is 2. The first-order chi connectivity index (χ1) is 12.1. The van der Waals surface area contributed by atoms with Gasteiger partial charge >= 0.3 is 0 Å². The monoisotopic (exact) mass is 349 g/mol. The minimum absolute atomic E-state index is 0.0911. The molecule has 126 valence electrons. The minimum Gasteiger partial charge on any atom is -0.306 e. The normalized spacial score (nSPS) is 12.9. The van der Waals surface area contributed by atoms with Crippen LogP contribution in [0.3, 0.4) is 0 Å². The number of hydrogen-bond donors (Lipinski definition) is 1. The van der Waals surface area contributed by atoms with Gasteiger partial charge in [-0.2, -0.15) is 16.9 Å². The molecule has 2 aromatic carbocycles. The van der Waals surface area contributed by atoms with E-state index in [-0.39, 0.29) is 5.91 Å². The van der Waals surface area contributed by atoms with Crippen LogP contribution < -0.4 is 5.32 Å². The van der Waals surface area contributed by atoms with E-state index in [0.717, 1.165) is 39.8 Å². The Morgan fingerprint density at radius 1 is 1.12 bits per heavy atom. The molecule has 1 amide bonds. The summed E-state index contributed by atoms with van der Waals surface area (Å²) in [5.74, 6) is 2.47. The zero-order chi connectivity index (χ0) is 17.4. The van der Waals surface area contributed by atoms with Gasteiger partial charge in [-0.05, 0) is 43.2 Å². The molecule has 3 aromatic rings. The molecular formula is C20H19N3OS. The fourth-order valence-corrected chi connectivity index (χ4v) is 4.13. The fourth-order valence-electron chi connectivity index (χ4n) is 3.09. The van der Waals surface area contributed by atoms with Crippen LogP contribution in [0, 0.1) is 13.8 Å². The highest BCUT2D eigenvalue weighted by atomic mass is 32.2. The third-order valence-electron chi connectivity index (χ3n) is 4.42. The maximum atomic E-state index is 12.8. The van der Waals surface area contributed by atoms with Crippen LogP contribution in [0.15, 0.2) is 48.5 Å². The number of carbonyl (C=O) groups excluding carboxylic acids is 1. The molecule has 0 radical (unpaired) electrons. The summed E-state index contributed by atoms with van der Waals surface area (Å²) in [4.78, 5) is 12.8. The molecule has 2 heterocycles. The first kappa shape index (κ1) is 16.0. The van der Waals surface area contributed by atoms with Crippen LogP contribution in [0.1, 0.15) is 32.7 Å². The van der Waals surface area contributed by atoms with Crippen molar-refractivity contribution in [3.05, 3.63) is 76.5 Å². The molecular weight excluding hydrogens is 330 g/mol. The Kier molecular flexibility index (Phi) is 4.09. The quantitative estimate of drug-likeness (QED) is 0.758. The summed E-state index contributed by atoms with van der Waals surface area (Å²) in [5.41, 5.74) is 5.99. The third kappa shape index (κ3) is 2.96. The minimum atomic E-state index is -0.0911. The predicted octanol–water partition coefficient (Wildman–Crippen LogP) is 4.49. The maximum absolute atomic E-state index is 12.8. The summed E-state index contributed by atoms with van der Waals surface area (Å²) in [6, 6.07) is 15.8. The summed E-state index contributed by atoms with van der Waals surface area (Å²) in [6.07, 6.45) is 0. The summed E-state index contributed by atoms with van der Waals surface area (Å²) < 4.78 is 1.87. The molecule has 25 heavy (non-hydrogen) atoms. The molecule has 0 atom stereocenters. The molecule has 0 fully saturated rings. The van der Waals surface area contributed by atoms with E-state index < -0.39 is 0 Å². The Morgan fingerprint density at radius 3 is 2.76 bits per heavy atom. The SMILES string of the molecule is Cc1cccc(-n2nc3c(c2NC(=O)c2ccccc2C)CSC3)c1. The first-order valence-corrected chi connectivity index (χ1v) is 9.41. The number of carbonyl (C=O) groups is 1. The lowest BCUT2D eigenvalue weighted by molar-refractivity contribution is 0.102. The molecule has 4 rings (SSSR count). The van der Waals surface area contributed by atoms with Crippen molar-refractivity contribution in [3.63, 3.8) is 0 Å². The van der Waals surface area contributed by atoms with Crippen LogP contribution in [-0.4, -0.2) is 15.7 Å². The smallest absolute Gasteiger partial charge is 0.257 e. The highest BCUT2D eigenvalue weighted by molar-refractivity contribution is 7.98. The number of hydrogen-bond acceptors (Lipinski definition) is 3. The predicted molar refractivity (Wildman–Crippen MR) is 102 cm³/mol. The van der Waals surface area contributed by atoms with Crippen LogP contribution in [0.25, 0.3) is 5.69 Å². The number of fused-ring (bicyclic) bond motifs is 1.